The Morgan fingerprint density at radius 3 is 2.38 bits per heavy atom. The highest BCUT2D eigenvalue weighted by molar-refractivity contribution is 5.95. The van der Waals surface area contributed by atoms with Crippen molar-refractivity contribution in [1.29, 1.82) is 0 Å². The molecular weight excluding hydrogens is 270 g/mol. The predicted octanol–water partition coefficient (Wildman–Crippen LogP) is 3.22. The van der Waals surface area contributed by atoms with Gasteiger partial charge in [0.1, 0.15) is 11.7 Å². The predicted molar refractivity (Wildman–Crippen MR) is 80.9 cm³/mol. The zero-order chi connectivity index (χ0) is 16.4. The highest BCUT2D eigenvalue weighted by atomic mass is 16.6. The summed E-state index contributed by atoms with van der Waals surface area (Å²) < 4.78 is 11.1. The number of carbonyl (C=O) groups excluding carboxylic acids is 2. The Hall–Kier alpha value is -1.10. The van der Waals surface area contributed by atoms with Gasteiger partial charge in [-0.3, -0.25) is 4.79 Å². The van der Waals surface area contributed by atoms with E-state index in [0.29, 0.717) is 6.61 Å². The normalized spacial score (nSPS) is 25.1. The van der Waals surface area contributed by atoms with Crippen LogP contribution in [0.5, 0.6) is 0 Å². The zero-order valence-corrected chi connectivity index (χ0v) is 14.3. The van der Waals surface area contributed by atoms with E-state index in [2.05, 4.69) is 0 Å². The van der Waals surface area contributed by atoms with Crippen LogP contribution in [0.2, 0.25) is 0 Å². The monoisotopic (exact) mass is 299 g/mol. The van der Waals surface area contributed by atoms with Crippen molar-refractivity contribution in [2.24, 2.45) is 11.8 Å². The second-order valence-electron chi connectivity index (χ2n) is 7.14. The molecule has 122 valence electrons. The number of ether oxygens (including phenoxy) is 2. The molecule has 3 atom stereocenters. The Labute approximate surface area is 128 Å². The molecule has 0 aromatic rings. The van der Waals surface area contributed by atoms with Gasteiger partial charge in [0.05, 0.1) is 12.6 Å². The van der Waals surface area contributed by atoms with Gasteiger partial charge in [-0.25, -0.2) is 9.69 Å². The number of nitrogens with zero attached hydrogens (tertiary/aromatic N) is 1. The maximum atomic E-state index is 12.6. The number of hydrogen-bond donors (Lipinski definition) is 0. The van der Waals surface area contributed by atoms with Crippen molar-refractivity contribution in [2.75, 3.05) is 6.61 Å². The summed E-state index contributed by atoms with van der Waals surface area (Å²) in [4.78, 5) is 26.4. The van der Waals surface area contributed by atoms with Crippen LogP contribution in [-0.2, 0) is 14.3 Å². The van der Waals surface area contributed by atoms with Gasteiger partial charge in [0.2, 0.25) is 0 Å². The van der Waals surface area contributed by atoms with Crippen LogP contribution >= 0.6 is 0 Å². The smallest absolute Gasteiger partial charge is 0.417 e. The fourth-order valence-corrected chi connectivity index (χ4v) is 2.35. The first kappa shape index (κ1) is 18.0. The lowest BCUT2D eigenvalue weighted by molar-refractivity contribution is -0.164. The first-order chi connectivity index (χ1) is 9.58. The van der Waals surface area contributed by atoms with E-state index in [1.807, 2.05) is 27.7 Å². The van der Waals surface area contributed by atoms with Crippen LogP contribution in [0.1, 0.15) is 54.9 Å². The van der Waals surface area contributed by atoms with E-state index in [9.17, 15) is 9.59 Å². The summed E-state index contributed by atoms with van der Waals surface area (Å²) in [6.45, 7) is 13.7. The molecule has 1 rings (SSSR count). The van der Waals surface area contributed by atoms with Crippen molar-refractivity contribution in [3.8, 4) is 0 Å². The van der Waals surface area contributed by atoms with Crippen molar-refractivity contribution in [1.82, 2.24) is 4.90 Å². The Bertz CT molecular complexity index is 386. The molecular formula is C16H29NO4. The largest absolute Gasteiger partial charge is 0.443 e. The van der Waals surface area contributed by atoms with Crippen LogP contribution in [0.3, 0.4) is 0 Å². The second-order valence-corrected chi connectivity index (χ2v) is 7.14. The van der Waals surface area contributed by atoms with E-state index in [1.165, 1.54) is 4.90 Å². The van der Waals surface area contributed by atoms with E-state index in [1.54, 1.807) is 20.8 Å². The number of carbonyl (C=O) groups is 2. The summed E-state index contributed by atoms with van der Waals surface area (Å²) in [6, 6.07) is -0.257. The van der Waals surface area contributed by atoms with Gasteiger partial charge < -0.3 is 9.47 Å². The van der Waals surface area contributed by atoms with E-state index in [0.717, 1.165) is 6.42 Å². The van der Waals surface area contributed by atoms with Gasteiger partial charge in [-0.2, -0.15) is 0 Å². The topological polar surface area (TPSA) is 55.8 Å². The molecule has 0 unspecified atom stereocenters. The quantitative estimate of drug-likeness (QED) is 0.803. The summed E-state index contributed by atoms with van der Waals surface area (Å²) in [7, 11) is 0. The average Bonchev–Trinajstić information content (AvgIpc) is 2.34. The molecule has 0 saturated carbocycles. The van der Waals surface area contributed by atoms with Gasteiger partial charge in [-0.15, -0.1) is 0 Å². The van der Waals surface area contributed by atoms with Crippen molar-refractivity contribution in [2.45, 2.75) is 72.6 Å². The van der Waals surface area contributed by atoms with Gasteiger partial charge >= 0.3 is 6.09 Å². The van der Waals surface area contributed by atoms with Crippen molar-refractivity contribution in [3.05, 3.63) is 0 Å². The molecule has 5 nitrogen and oxygen atoms in total. The van der Waals surface area contributed by atoms with Crippen molar-refractivity contribution < 1.29 is 19.1 Å². The van der Waals surface area contributed by atoms with Gasteiger partial charge in [0, 0.05) is 0 Å². The summed E-state index contributed by atoms with van der Waals surface area (Å²) in [6.07, 6.45) is -0.267. The molecule has 0 N–H and O–H groups in total. The van der Waals surface area contributed by atoms with Gasteiger partial charge in [0.15, 0.2) is 0 Å². The number of hydrogen-bond acceptors (Lipinski definition) is 4. The first-order valence-electron chi connectivity index (χ1n) is 7.76. The van der Waals surface area contributed by atoms with Gasteiger partial charge in [-0.1, -0.05) is 34.1 Å². The lowest BCUT2D eigenvalue weighted by atomic mass is 9.94. The van der Waals surface area contributed by atoms with Crippen molar-refractivity contribution in [3.63, 3.8) is 0 Å². The number of amides is 2. The first-order valence-corrected chi connectivity index (χ1v) is 7.76. The molecule has 1 aliphatic rings. The standard InChI is InChI=1S/C16H29NO4/c1-8-11(4)12-9-20-13(10(2)3)14(18)17(12)15(19)21-16(5,6)7/h10-13H,8-9H2,1-7H3/t11-,12+,13-/m0/s1. The lowest BCUT2D eigenvalue weighted by Crippen LogP contribution is -2.60. The Balaban J connectivity index is 3.02. The fraction of sp³-hybridized carbons (Fsp3) is 0.875. The van der Waals surface area contributed by atoms with E-state index < -0.39 is 17.8 Å². The van der Waals surface area contributed by atoms with Crippen LogP contribution in [0.25, 0.3) is 0 Å². The fourth-order valence-electron chi connectivity index (χ4n) is 2.35. The van der Waals surface area contributed by atoms with Crippen LogP contribution in [0.4, 0.5) is 4.79 Å². The summed E-state index contributed by atoms with van der Waals surface area (Å²) in [5, 5.41) is 0. The minimum Gasteiger partial charge on any atom is -0.443 e. The van der Waals surface area contributed by atoms with E-state index >= 15 is 0 Å². The SMILES string of the molecule is CC[C@H](C)[C@H]1CO[C@@H](C(C)C)C(=O)N1C(=O)OC(C)(C)C. The third-order valence-electron chi connectivity index (χ3n) is 3.76. The zero-order valence-electron chi connectivity index (χ0n) is 14.3. The molecule has 0 bridgehead atoms. The third-order valence-corrected chi connectivity index (χ3v) is 3.76. The molecule has 1 aliphatic heterocycles. The molecule has 1 fully saturated rings. The summed E-state index contributed by atoms with van der Waals surface area (Å²) in [5.41, 5.74) is -0.622. The minimum atomic E-state index is -0.622. The lowest BCUT2D eigenvalue weighted by Gasteiger charge is -2.41. The van der Waals surface area contributed by atoms with Crippen LogP contribution in [0.15, 0.2) is 0 Å². The maximum Gasteiger partial charge on any atom is 0.417 e. The molecule has 0 radical (unpaired) electrons. The number of rotatable bonds is 3. The Kier molecular flexibility index (Phi) is 5.79. The maximum absolute atomic E-state index is 12.6. The van der Waals surface area contributed by atoms with Crippen LogP contribution in [-0.4, -0.2) is 41.3 Å². The summed E-state index contributed by atoms with van der Waals surface area (Å²) >= 11 is 0. The molecule has 0 aromatic heterocycles. The molecule has 0 aliphatic carbocycles. The Morgan fingerprint density at radius 2 is 1.95 bits per heavy atom. The molecule has 1 heterocycles. The van der Waals surface area contributed by atoms with E-state index in [-0.39, 0.29) is 23.8 Å². The van der Waals surface area contributed by atoms with Crippen LogP contribution < -0.4 is 0 Å². The molecule has 0 aromatic carbocycles. The summed E-state index contributed by atoms with van der Waals surface area (Å²) in [5.74, 6) is -0.0781. The molecule has 21 heavy (non-hydrogen) atoms. The highest BCUT2D eigenvalue weighted by Gasteiger charge is 2.44. The van der Waals surface area contributed by atoms with Gasteiger partial charge in [-0.05, 0) is 32.6 Å². The highest BCUT2D eigenvalue weighted by Crippen LogP contribution is 2.26. The number of imide groups is 1. The molecule has 2 amide bonds. The molecule has 5 heteroatoms. The molecule has 0 spiro atoms. The second kappa shape index (κ2) is 6.77. The van der Waals surface area contributed by atoms with Gasteiger partial charge in [0.25, 0.3) is 5.91 Å². The number of morpholine rings is 1. The van der Waals surface area contributed by atoms with E-state index in [4.69, 9.17) is 9.47 Å². The molecule has 1 saturated heterocycles. The minimum absolute atomic E-state index is 0.0281. The average molecular weight is 299 g/mol. The van der Waals surface area contributed by atoms with Crippen LogP contribution in [0, 0.1) is 11.8 Å². The van der Waals surface area contributed by atoms with Crippen molar-refractivity contribution >= 4 is 12.0 Å². The Morgan fingerprint density at radius 1 is 1.38 bits per heavy atom. The third kappa shape index (κ3) is 4.43.